The predicted molar refractivity (Wildman–Crippen MR) is 41.1 cm³/mol. The molecule has 0 fully saturated rings. The lowest BCUT2D eigenvalue weighted by Crippen LogP contribution is -2.01. The lowest BCUT2D eigenvalue weighted by Gasteiger charge is -2.03. The maximum atomic E-state index is 10.5. The van der Waals surface area contributed by atoms with Crippen LogP contribution in [0.15, 0.2) is 18.2 Å². The number of benzene rings is 1. The van der Waals surface area contributed by atoms with Crippen LogP contribution in [0.1, 0.15) is 6.92 Å². The van der Waals surface area contributed by atoms with E-state index in [0.717, 1.165) is 6.07 Å². The topological polar surface area (TPSA) is 66.8 Å². The largest absolute Gasteiger partial charge is 0.508 e. The van der Waals surface area contributed by atoms with Crippen LogP contribution in [0, 0.1) is 0 Å². The Labute approximate surface area is 69.0 Å². The minimum absolute atomic E-state index is 0.0394. The molecule has 1 aromatic carbocycles. The van der Waals surface area contributed by atoms with Crippen molar-refractivity contribution in [2.24, 2.45) is 0 Å². The van der Waals surface area contributed by atoms with Crippen LogP contribution in [0.2, 0.25) is 0 Å². The van der Waals surface area contributed by atoms with Crippen LogP contribution in [0.25, 0.3) is 0 Å². The normalized spacial score (nSPS) is 9.42. The van der Waals surface area contributed by atoms with Crippen LogP contribution in [0.5, 0.6) is 17.2 Å². The summed E-state index contributed by atoms with van der Waals surface area (Å²) in [5.74, 6) is -0.828. The van der Waals surface area contributed by atoms with Crippen LogP contribution in [-0.4, -0.2) is 16.2 Å². The molecule has 0 amide bonds. The van der Waals surface area contributed by atoms with Crippen molar-refractivity contribution >= 4 is 5.97 Å². The Hall–Kier alpha value is -1.71. The van der Waals surface area contributed by atoms with Crippen molar-refractivity contribution in [3.63, 3.8) is 0 Å². The number of ether oxygens (including phenoxy) is 1. The zero-order valence-electron chi connectivity index (χ0n) is 6.44. The maximum absolute atomic E-state index is 10.5. The van der Waals surface area contributed by atoms with Gasteiger partial charge >= 0.3 is 5.97 Å². The molecule has 0 aliphatic heterocycles. The van der Waals surface area contributed by atoms with Gasteiger partial charge in [-0.2, -0.15) is 0 Å². The third-order valence-corrected chi connectivity index (χ3v) is 1.20. The first-order chi connectivity index (χ1) is 5.59. The molecule has 0 bridgehead atoms. The van der Waals surface area contributed by atoms with E-state index in [1.807, 2.05) is 0 Å². The Bertz CT molecular complexity index is 306. The number of rotatable bonds is 1. The van der Waals surface area contributed by atoms with Gasteiger partial charge in [0, 0.05) is 13.0 Å². The van der Waals surface area contributed by atoms with Crippen molar-refractivity contribution in [3.8, 4) is 17.2 Å². The number of carbonyl (C=O) groups excluding carboxylic acids is 1. The Morgan fingerprint density at radius 3 is 2.67 bits per heavy atom. The number of hydrogen-bond donors (Lipinski definition) is 2. The van der Waals surface area contributed by atoms with Gasteiger partial charge in [-0.15, -0.1) is 0 Å². The summed E-state index contributed by atoms with van der Waals surface area (Å²) in [5.41, 5.74) is 0. The highest BCUT2D eigenvalue weighted by Crippen LogP contribution is 2.29. The van der Waals surface area contributed by atoms with Gasteiger partial charge in [-0.3, -0.25) is 4.79 Å². The fourth-order valence-electron chi connectivity index (χ4n) is 0.739. The molecular weight excluding hydrogens is 160 g/mol. The number of phenols is 2. The minimum Gasteiger partial charge on any atom is -0.508 e. The molecule has 0 atom stereocenters. The summed E-state index contributed by atoms with van der Waals surface area (Å²) >= 11 is 0. The van der Waals surface area contributed by atoms with Crippen LogP contribution >= 0.6 is 0 Å². The van der Waals surface area contributed by atoms with Gasteiger partial charge in [0.15, 0.2) is 11.5 Å². The highest BCUT2D eigenvalue weighted by Gasteiger charge is 2.05. The van der Waals surface area contributed by atoms with E-state index in [1.54, 1.807) is 0 Å². The zero-order valence-corrected chi connectivity index (χ0v) is 6.44. The van der Waals surface area contributed by atoms with Gasteiger partial charge in [0.2, 0.25) is 0 Å². The van der Waals surface area contributed by atoms with Crippen molar-refractivity contribution in [1.29, 1.82) is 0 Å². The smallest absolute Gasteiger partial charge is 0.308 e. The molecule has 0 radical (unpaired) electrons. The van der Waals surface area contributed by atoms with E-state index in [2.05, 4.69) is 4.74 Å². The van der Waals surface area contributed by atoms with Gasteiger partial charge in [-0.1, -0.05) is 0 Å². The molecule has 0 aliphatic carbocycles. The number of esters is 1. The quantitative estimate of drug-likeness (QED) is 0.373. The monoisotopic (exact) mass is 168 g/mol. The summed E-state index contributed by atoms with van der Waals surface area (Å²) in [4.78, 5) is 10.5. The molecule has 0 saturated heterocycles. The maximum Gasteiger partial charge on any atom is 0.308 e. The molecule has 0 heterocycles. The van der Waals surface area contributed by atoms with Gasteiger partial charge in [0.1, 0.15) is 5.75 Å². The van der Waals surface area contributed by atoms with Crippen molar-refractivity contribution in [1.82, 2.24) is 0 Å². The Morgan fingerprint density at radius 2 is 2.08 bits per heavy atom. The van der Waals surface area contributed by atoms with Crippen LogP contribution in [-0.2, 0) is 4.79 Å². The van der Waals surface area contributed by atoms with E-state index < -0.39 is 5.97 Å². The molecule has 0 saturated carbocycles. The van der Waals surface area contributed by atoms with Crippen molar-refractivity contribution in [3.05, 3.63) is 18.2 Å². The highest BCUT2D eigenvalue weighted by atomic mass is 16.5. The fraction of sp³-hybridized carbons (Fsp3) is 0.125. The van der Waals surface area contributed by atoms with E-state index in [4.69, 9.17) is 10.2 Å². The molecular formula is C8H8O4. The summed E-state index contributed by atoms with van der Waals surface area (Å²) in [5, 5.41) is 18.0. The van der Waals surface area contributed by atoms with Crippen molar-refractivity contribution < 1.29 is 19.7 Å². The fourth-order valence-corrected chi connectivity index (χ4v) is 0.739. The van der Waals surface area contributed by atoms with Crippen LogP contribution in [0.4, 0.5) is 0 Å². The predicted octanol–water partition coefficient (Wildman–Crippen LogP) is 1.02. The van der Waals surface area contributed by atoms with Gasteiger partial charge in [-0.05, 0) is 12.1 Å². The van der Waals surface area contributed by atoms with Gasteiger partial charge in [0.25, 0.3) is 0 Å². The van der Waals surface area contributed by atoms with E-state index >= 15 is 0 Å². The molecule has 1 rings (SSSR count). The van der Waals surface area contributed by atoms with E-state index in [0.29, 0.717) is 0 Å². The molecule has 12 heavy (non-hydrogen) atoms. The van der Waals surface area contributed by atoms with Crippen molar-refractivity contribution in [2.75, 3.05) is 0 Å². The number of phenolic OH excluding ortho intramolecular Hbond substituents is 2. The van der Waals surface area contributed by atoms with Crippen molar-refractivity contribution in [2.45, 2.75) is 6.92 Å². The number of carbonyl (C=O) groups is 1. The van der Waals surface area contributed by atoms with E-state index in [9.17, 15) is 4.79 Å². The van der Waals surface area contributed by atoms with Gasteiger partial charge < -0.3 is 14.9 Å². The molecule has 0 aliphatic rings. The molecule has 1 aromatic rings. The van der Waals surface area contributed by atoms with Crippen LogP contribution in [0.3, 0.4) is 0 Å². The Kier molecular flexibility index (Phi) is 2.19. The summed E-state index contributed by atoms with van der Waals surface area (Å²) in [7, 11) is 0. The first kappa shape index (κ1) is 8.39. The molecule has 0 spiro atoms. The second-order valence-corrected chi connectivity index (χ2v) is 2.25. The third kappa shape index (κ3) is 1.88. The summed E-state index contributed by atoms with van der Waals surface area (Å²) in [6.07, 6.45) is 0. The number of aromatic hydroxyl groups is 2. The lowest BCUT2D eigenvalue weighted by atomic mass is 10.3. The van der Waals surface area contributed by atoms with Crippen LogP contribution < -0.4 is 4.74 Å². The Balaban J connectivity index is 2.97. The minimum atomic E-state index is -0.545. The summed E-state index contributed by atoms with van der Waals surface area (Å²) in [6.45, 7) is 1.21. The van der Waals surface area contributed by atoms with E-state index in [-0.39, 0.29) is 17.2 Å². The molecule has 2 N–H and O–H groups in total. The summed E-state index contributed by atoms with van der Waals surface area (Å²) < 4.78 is 4.58. The molecule has 4 nitrogen and oxygen atoms in total. The zero-order chi connectivity index (χ0) is 9.14. The first-order valence-corrected chi connectivity index (χ1v) is 3.30. The highest BCUT2D eigenvalue weighted by molar-refractivity contribution is 5.70. The van der Waals surface area contributed by atoms with Gasteiger partial charge in [-0.25, -0.2) is 0 Å². The molecule has 0 unspecified atom stereocenters. The molecule has 4 heteroatoms. The second-order valence-electron chi connectivity index (χ2n) is 2.25. The molecule has 64 valence electrons. The standard InChI is InChI=1S/C8H8O4/c1-5(9)12-8-4-6(10)2-3-7(8)11/h2-4,10-11H,1H3. The SMILES string of the molecule is CC(=O)Oc1cc(O)ccc1O. The van der Waals surface area contributed by atoms with Gasteiger partial charge in [0.05, 0.1) is 0 Å². The van der Waals surface area contributed by atoms with E-state index in [1.165, 1.54) is 19.1 Å². The Morgan fingerprint density at radius 1 is 1.42 bits per heavy atom. The average molecular weight is 168 g/mol. The molecule has 0 aromatic heterocycles. The summed E-state index contributed by atoms with van der Waals surface area (Å²) in [6, 6.07) is 3.70. The second kappa shape index (κ2) is 3.13. The lowest BCUT2D eigenvalue weighted by molar-refractivity contribution is -0.132. The third-order valence-electron chi connectivity index (χ3n) is 1.20. The first-order valence-electron chi connectivity index (χ1n) is 3.30. The average Bonchev–Trinajstić information content (AvgIpc) is 1.96. The number of hydrogen-bond acceptors (Lipinski definition) is 4.